The van der Waals surface area contributed by atoms with Gasteiger partial charge in [-0.1, -0.05) is 0 Å². The third-order valence-corrected chi connectivity index (χ3v) is 3.19. The first-order valence-corrected chi connectivity index (χ1v) is 6.34. The standard InChI is InChI=1S/C13H13F6NO/c14-12(15,16)8-1-2-11(10(7-8)13(17,18)19)21-9-3-5-20-6-4-9/h1-2,7,9,20H,3-6H2. The number of hydrogen-bond acceptors (Lipinski definition) is 2. The third-order valence-electron chi connectivity index (χ3n) is 3.19. The molecule has 0 saturated carbocycles. The molecule has 0 radical (unpaired) electrons. The van der Waals surface area contributed by atoms with Crippen LogP contribution in [0.25, 0.3) is 0 Å². The molecule has 1 aromatic rings. The van der Waals surface area contributed by atoms with Crippen LogP contribution in [0.4, 0.5) is 26.3 Å². The Morgan fingerprint density at radius 1 is 0.952 bits per heavy atom. The predicted octanol–water partition coefficient (Wildman–Crippen LogP) is 3.86. The van der Waals surface area contributed by atoms with E-state index in [4.69, 9.17) is 4.74 Å². The highest BCUT2D eigenvalue weighted by molar-refractivity contribution is 5.40. The number of rotatable bonds is 2. The van der Waals surface area contributed by atoms with E-state index < -0.39 is 35.3 Å². The van der Waals surface area contributed by atoms with Crippen LogP contribution >= 0.6 is 0 Å². The van der Waals surface area contributed by atoms with Crippen LogP contribution in [0.1, 0.15) is 24.0 Å². The maximum absolute atomic E-state index is 12.9. The Balaban J connectivity index is 2.31. The van der Waals surface area contributed by atoms with E-state index in [0.29, 0.717) is 32.0 Å². The Bertz CT molecular complexity index is 490. The lowest BCUT2D eigenvalue weighted by Gasteiger charge is -2.25. The molecular formula is C13H13F6NO. The monoisotopic (exact) mass is 313 g/mol. The van der Waals surface area contributed by atoms with E-state index >= 15 is 0 Å². The van der Waals surface area contributed by atoms with Gasteiger partial charge in [-0.25, -0.2) is 0 Å². The fourth-order valence-electron chi connectivity index (χ4n) is 2.12. The van der Waals surface area contributed by atoms with Crippen molar-refractivity contribution in [1.82, 2.24) is 5.32 Å². The van der Waals surface area contributed by atoms with Crippen molar-refractivity contribution in [2.45, 2.75) is 31.3 Å². The van der Waals surface area contributed by atoms with Gasteiger partial charge in [0, 0.05) is 0 Å². The highest BCUT2D eigenvalue weighted by Gasteiger charge is 2.39. The molecular weight excluding hydrogens is 300 g/mol. The lowest BCUT2D eigenvalue weighted by atomic mass is 10.1. The molecule has 0 spiro atoms. The van der Waals surface area contributed by atoms with E-state index in [1.54, 1.807) is 0 Å². The molecule has 21 heavy (non-hydrogen) atoms. The Morgan fingerprint density at radius 3 is 2.10 bits per heavy atom. The first-order valence-electron chi connectivity index (χ1n) is 6.34. The summed E-state index contributed by atoms with van der Waals surface area (Å²) in [5.74, 6) is -0.553. The maximum atomic E-state index is 12.9. The van der Waals surface area contributed by atoms with Crippen molar-refractivity contribution in [3.8, 4) is 5.75 Å². The van der Waals surface area contributed by atoms with Crippen molar-refractivity contribution >= 4 is 0 Å². The van der Waals surface area contributed by atoms with Crippen molar-refractivity contribution < 1.29 is 31.1 Å². The molecule has 8 heteroatoms. The highest BCUT2D eigenvalue weighted by atomic mass is 19.4. The fourth-order valence-corrected chi connectivity index (χ4v) is 2.12. The molecule has 1 aromatic carbocycles. The Hall–Kier alpha value is -1.44. The molecule has 0 aromatic heterocycles. The number of nitrogens with one attached hydrogen (secondary N) is 1. The summed E-state index contributed by atoms with van der Waals surface area (Å²) >= 11 is 0. The van der Waals surface area contributed by atoms with Gasteiger partial charge in [-0.15, -0.1) is 0 Å². The number of ether oxygens (including phenoxy) is 1. The molecule has 1 heterocycles. The van der Waals surface area contributed by atoms with Gasteiger partial charge in [-0.2, -0.15) is 26.3 Å². The second-order valence-corrected chi connectivity index (χ2v) is 4.77. The average molecular weight is 313 g/mol. The summed E-state index contributed by atoms with van der Waals surface area (Å²) in [5.41, 5.74) is -2.73. The van der Waals surface area contributed by atoms with Gasteiger partial charge < -0.3 is 10.1 Å². The van der Waals surface area contributed by atoms with Crippen LogP contribution in [0.2, 0.25) is 0 Å². The van der Waals surface area contributed by atoms with Crippen LogP contribution < -0.4 is 10.1 Å². The minimum atomic E-state index is -4.90. The van der Waals surface area contributed by atoms with Gasteiger partial charge in [0.05, 0.1) is 11.1 Å². The highest BCUT2D eigenvalue weighted by Crippen LogP contribution is 2.40. The number of alkyl halides is 6. The minimum Gasteiger partial charge on any atom is -0.490 e. The Kier molecular flexibility index (Phi) is 4.36. The molecule has 0 bridgehead atoms. The van der Waals surface area contributed by atoms with E-state index in [2.05, 4.69) is 5.32 Å². The topological polar surface area (TPSA) is 21.3 Å². The largest absolute Gasteiger partial charge is 0.490 e. The summed E-state index contributed by atoms with van der Waals surface area (Å²) in [7, 11) is 0. The molecule has 0 amide bonds. The van der Waals surface area contributed by atoms with E-state index in [1.807, 2.05) is 0 Å². The number of benzene rings is 1. The van der Waals surface area contributed by atoms with E-state index in [-0.39, 0.29) is 6.07 Å². The second-order valence-electron chi connectivity index (χ2n) is 4.77. The number of halogens is 6. The average Bonchev–Trinajstić information content (AvgIpc) is 2.38. The molecule has 1 N–H and O–H groups in total. The molecule has 2 nitrogen and oxygen atoms in total. The van der Waals surface area contributed by atoms with Crippen molar-refractivity contribution in [3.63, 3.8) is 0 Å². The van der Waals surface area contributed by atoms with Crippen LogP contribution in [0, 0.1) is 0 Å². The van der Waals surface area contributed by atoms with Crippen molar-refractivity contribution in [2.75, 3.05) is 13.1 Å². The van der Waals surface area contributed by atoms with E-state index in [1.165, 1.54) is 0 Å². The van der Waals surface area contributed by atoms with Crippen LogP contribution in [0.3, 0.4) is 0 Å². The molecule has 1 aliphatic heterocycles. The zero-order valence-corrected chi connectivity index (χ0v) is 10.8. The predicted molar refractivity (Wildman–Crippen MR) is 63.0 cm³/mol. The summed E-state index contributed by atoms with van der Waals surface area (Å²) in [6.45, 7) is 1.21. The van der Waals surface area contributed by atoms with Crippen LogP contribution in [-0.2, 0) is 12.4 Å². The molecule has 118 valence electrons. The van der Waals surface area contributed by atoms with Gasteiger partial charge in [0.1, 0.15) is 11.9 Å². The van der Waals surface area contributed by atoms with Crippen molar-refractivity contribution in [1.29, 1.82) is 0 Å². The van der Waals surface area contributed by atoms with Crippen LogP contribution in [0.15, 0.2) is 18.2 Å². The van der Waals surface area contributed by atoms with Gasteiger partial charge in [0.15, 0.2) is 0 Å². The summed E-state index contributed by atoms with van der Waals surface area (Å²) in [5, 5.41) is 3.02. The summed E-state index contributed by atoms with van der Waals surface area (Å²) in [6, 6.07) is 1.44. The third kappa shape index (κ3) is 4.03. The Labute approximate surface area is 117 Å². The molecule has 1 saturated heterocycles. The molecule has 1 fully saturated rings. The lowest BCUT2D eigenvalue weighted by Crippen LogP contribution is -2.34. The van der Waals surface area contributed by atoms with Crippen LogP contribution in [0.5, 0.6) is 5.75 Å². The van der Waals surface area contributed by atoms with Crippen molar-refractivity contribution in [3.05, 3.63) is 29.3 Å². The lowest BCUT2D eigenvalue weighted by molar-refractivity contribution is -0.144. The zero-order chi connectivity index (χ0) is 15.7. The Morgan fingerprint density at radius 2 is 1.57 bits per heavy atom. The van der Waals surface area contributed by atoms with E-state index in [9.17, 15) is 26.3 Å². The first kappa shape index (κ1) is 15.9. The number of piperidine rings is 1. The molecule has 2 rings (SSSR count). The molecule has 0 unspecified atom stereocenters. The molecule has 0 atom stereocenters. The SMILES string of the molecule is FC(F)(F)c1ccc(OC2CCNCC2)c(C(F)(F)F)c1. The van der Waals surface area contributed by atoms with E-state index in [0.717, 1.165) is 6.07 Å². The van der Waals surface area contributed by atoms with Crippen LogP contribution in [-0.4, -0.2) is 19.2 Å². The fraction of sp³-hybridized carbons (Fsp3) is 0.538. The normalized spacial score (nSPS) is 17.8. The number of hydrogen-bond donors (Lipinski definition) is 1. The van der Waals surface area contributed by atoms with Gasteiger partial charge in [0.25, 0.3) is 0 Å². The van der Waals surface area contributed by atoms with Gasteiger partial charge in [-0.05, 0) is 44.1 Å². The smallest absolute Gasteiger partial charge is 0.419 e. The molecule has 0 aliphatic carbocycles. The van der Waals surface area contributed by atoms with Crippen molar-refractivity contribution in [2.24, 2.45) is 0 Å². The summed E-state index contributed by atoms with van der Waals surface area (Å²) in [6.07, 6.45) is -9.13. The first-order chi connectivity index (χ1) is 9.68. The summed E-state index contributed by atoms with van der Waals surface area (Å²) < 4.78 is 81.6. The van der Waals surface area contributed by atoms with Gasteiger partial charge in [-0.3, -0.25) is 0 Å². The maximum Gasteiger partial charge on any atom is 0.419 e. The summed E-state index contributed by atoms with van der Waals surface area (Å²) in [4.78, 5) is 0. The van der Waals surface area contributed by atoms with Gasteiger partial charge in [0.2, 0.25) is 0 Å². The quantitative estimate of drug-likeness (QED) is 0.837. The zero-order valence-electron chi connectivity index (χ0n) is 10.8. The second kappa shape index (κ2) is 5.75. The molecule has 1 aliphatic rings. The minimum absolute atomic E-state index is 0.0937. The van der Waals surface area contributed by atoms with Gasteiger partial charge >= 0.3 is 12.4 Å².